The molecule has 0 atom stereocenters. The van der Waals surface area contributed by atoms with Crippen LogP contribution in [0.25, 0.3) is 0 Å². The van der Waals surface area contributed by atoms with Crippen LogP contribution >= 0.6 is 11.6 Å². The lowest BCUT2D eigenvalue weighted by atomic mass is 10.2. The summed E-state index contributed by atoms with van der Waals surface area (Å²) in [6.07, 6.45) is 0. The van der Waals surface area contributed by atoms with Crippen molar-refractivity contribution in [2.24, 2.45) is 0 Å². The third-order valence-electron chi connectivity index (χ3n) is 2.26. The molecular formula is C11H9ClN2O4. The summed E-state index contributed by atoms with van der Waals surface area (Å²) >= 11 is 5.61. The predicted molar refractivity (Wildman–Crippen MR) is 65.8 cm³/mol. The highest BCUT2D eigenvalue weighted by atomic mass is 35.5. The van der Waals surface area contributed by atoms with Crippen molar-refractivity contribution >= 4 is 23.0 Å². The Morgan fingerprint density at radius 1 is 1.39 bits per heavy atom. The minimum absolute atomic E-state index is 0.159. The molecule has 2 rings (SSSR count). The average molecular weight is 269 g/mol. The van der Waals surface area contributed by atoms with Gasteiger partial charge >= 0.3 is 0 Å². The van der Waals surface area contributed by atoms with Crippen LogP contribution in [0.4, 0.5) is 11.4 Å². The summed E-state index contributed by atoms with van der Waals surface area (Å²) in [6, 6.07) is 7.13. The first-order chi connectivity index (χ1) is 8.56. The third kappa shape index (κ3) is 2.72. The Labute approximate surface area is 107 Å². The number of benzene rings is 1. The number of rotatable bonds is 4. The summed E-state index contributed by atoms with van der Waals surface area (Å²) in [6.45, 7) is 0.262. The van der Waals surface area contributed by atoms with Crippen LogP contribution in [-0.2, 0) is 6.54 Å². The number of nitro groups is 1. The third-order valence-corrected chi connectivity index (χ3v) is 2.46. The highest BCUT2D eigenvalue weighted by Gasteiger charge is 2.14. The maximum Gasteiger partial charge on any atom is 0.296 e. The quantitative estimate of drug-likeness (QED) is 0.505. The minimum atomic E-state index is -0.572. The zero-order valence-corrected chi connectivity index (χ0v) is 9.85. The van der Waals surface area contributed by atoms with Crippen LogP contribution in [0.5, 0.6) is 5.75 Å². The number of phenolic OH excluding ortho intramolecular Hbond substituents is 1. The fourth-order valence-corrected chi connectivity index (χ4v) is 1.61. The zero-order valence-electron chi connectivity index (χ0n) is 9.09. The van der Waals surface area contributed by atoms with Crippen molar-refractivity contribution in [2.45, 2.75) is 6.54 Å². The van der Waals surface area contributed by atoms with E-state index >= 15 is 0 Å². The molecule has 0 aliphatic heterocycles. The van der Waals surface area contributed by atoms with Crippen molar-refractivity contribution in [1.29, 1.82) is 0 Å². The molecule has 0 saturated carbocycles. The van der Waals surface area contributed by atoms with Gasteiger partial charge in [-0.1, -0.05) is 0 Å². The summed E-state index contributed by atoms with van der Waals surface area (Å²) in [7, 11) is 0. The molecule has 18 heavy (non-hydrogen) atoms. The van der Waals surface area contributed by atoms with Crippen molar-refractivity contribution in [2.75, 3.05) is 5.32 Å². The van der Waals surface area contributed by atoms with E-state index in [9.17, 15) is 15.2 Å². The largest absolute Gasteiger partial charge is 0.508 e. The molecule has 1 heterocycles. The molecule has 0 aliphatic carbocycles. The van der Waals surface area contributed by atoms with Gasteiger partial charge in [0.1, 0.15) is 17.2 Å². The van der Waals surface area contributed by atoms with E-state index in [0.29, 0.717) is 11.4 Å². The number of nitro benzene ring substituents is 1. The van der Waals surface area contributed by atoms with Crippen molar-refractivity contribution in [1.82, 2.24) is 0 Å². The Kier molecular flexibility index (Phi) is 3.38. The molecule has 0 spiro atoms. The average Bonchev–Trinajstić information content (AvgIpc) is 2.73. The molecule has 0 bridgehead atoms. The summed E-state index contributed by atoms with van der Waals surface area (Å²) in [5.41, 5.74) is 0.0953. The predicted octanol–water partition coefficient (Wildman–Crippen LogP) is 3.16. The number of halogens is 1. The van der Waals surface area contributed by atoms with Crippen LogP contribution in [-0.4, -0.2) is 10.0 Å². The van der Waals surface area contributed by atoms with E-state index in [-0.39, 0.29) is 23.2 Å². The second-order valence-corrected chi connectivity index (χ2v) is 3.89. The molecule has 1 aromatic carbocycles. The van der Waals surface area contributed by atoms with Crippen LogP contribution in [0.15, 0.2) is 34.7 Å². The number of hydrogen-bond donors (Lipinski definition) is 2. The van der Waals surface area contributed by atoms with Gasteiger partial charge < -0.3 is 14.8 Å². The van der Waals surface area contributed by atoms with Crippen LogP contribution in [0.3, 0.4) is 0 Å². The van der Waals surface area contributed by atoms with E-state index in [2.05, 4.69) is 5.32 Å². The van der Waals surface area contributed by atoms with Gasteiger partial charge in [0.15, 0.2) is 5.22 Å². The first-order valence-corrected chi connectivity index (χ1v) is 5.39. The number of furan rings is 1. The van der Waals surface area contributed by atoms with Gasteiger partial charge in [0.25, 0.3) is 5.69 Å². The molecule has 94 valence electrons. The van der Waals surface area contributed by atoms with E-state index in [4.69, 9.17) is 16.0 Å². The highest BCUT2D eigenvalue weighted by molar-refractivity contribution is 6.28. The monoisotopic (exact) mass is 268 g/mol. The van der Waals surface area contributed by atoms with E-state index < -0.39 is 4.92 Å². The smallest absolute Gasteiger partial charge is 0.296 e. The number of nitrogens with zero attached hydrogens (tertiary/aromatic N) is 1. The summed E-state index contributed by atoms with van der Waals surface area (Å²) in [5.74, 6) is 0.399. The van der Waals surface area contributed by atoms with Crippen molar-refractivity contribution in [3.05, 3.63) is 51.4 Å². The molecular weight excluding hydrogens is 260 g/mol. The van der Waals surface area contributed by atoms with E-state index in [1.165, 1.54) is 12.1 Å². The Morgan fingerprint density at radius 3 is 2.78 bits per heavy atom. The standard InChI is InChI=1S/C11H9ClN2O4/c12-11-4-2-8(18-11)6-13-9-3-1-7(15)5-10(9)14(16)17/h1-5,13,15H,6H2. The van der Waals surface area contributed by atoms with Gasteiger partial charge in [-0.25, -0.2) is 0 Å². The molecule has 0 saturated heterocycles. The molecule has 7 heteroatoms. The van der Waals surface area contributed by atoms with Gasteiger partial charge in [-0.05, 0) is 35.9 Å². The molecule has 1 aromatic heterocycles. The topological polar surface area (TPSA) is 88.5 Å². The van der Waals surface area contributed by atoms with Crippen LogP contribution in [0.1, 0.15) is 5.76 Å². The molecule has 2 N–H and O–H groups in total. The van der Waals surface area contributed by atoms with Gasteiger partial charge in [-0.3, -0.25) is 10.1 Å². The van der Waals surface area contributed by atoms with Crippen molar-refractivity contribution < 1.29 is 14.4 Å². The molecule has 6 nitrogen and oxygen atoms in total. The first kappa shape index (κ1) is 12.3. The van der Waals surface area contributed by atoms with Crippen molar-refractivity contribution in [3.8, 4) is 5.75 Å². The normalized spacial score (nSPS) is 10.3. The Bertz CT molecular complexity index is 582. The van der Waals surface area contributed by atoms with Gasteiger partial charge in [-0.15, -0.1) is 0 Å². The van der Waals surface area contributed by atoms with Gasteiger partial charge in [0.05, 0.1) is 17.5 Å². The Hall–Kier alpha value is -2.21. The van der Waals surface area contributed by atoms with Crippen molar-refractivity contribution in [3.63, 3.8) is 0 Å². The summed E-state index contributed by atoms with van der Waals surface area (Å²) in [4.78, 5) is 10.2. The SMILES string of the molecule is O=[N+]([O-])c1cc(O)ccc1NCc1ccc(Cl)o1. The van der Waals surface area contributed by atoms with E-state index in [1.807, 2.05) is 0 Å². The number of nitrogens with one attached hydrogen (secondary N) is 1. The summed E-state index contributed by atoms with van der Waals surface area (Å²) < 4.78 is 5.11. The fraction of sp³-hybridized carbons (Fsp3) is 0.0909. The zero-order chi connectivity index (χ0) is 13.1. The Balaban J connectivity index is 2.16. The molecule has 2 aromatic rings. The summed E-state index contributed by atoms with van der Waals surface area (Å²) in [5, 5.41) is 23.1. The lowest BCUT2D eigenvalue weighted by molar-refractivity contribution is -0.384. The number of aromatic hydroxyl groups is 1. The molecule has 0 fully saturated rings. The highest BCUT2D eigenvalue weighted by Crippen LogP contribution is 2.28. The van der Waals surface area contributed by atoms with Gasteiger partial charge in [0, 0.05) is 0 Å². The van der Waals surface area contributed by atoms with Crippen LogP contribution in [0, 0.1) is 10.1 Å². The minimum Gasteiger partial charge on any atom is -0.508 e. The number of anilines is 1. The molecule has 0 amide bonds. The second-order valence-electron chi connectivity index (χ2n) is 3.52. The second kappa shape index (κ2) is 4.97. The van der Waals surface area contributed by atoms with E-state index in [1.54, 1.807) is 12.1 Å². The Morgan fingerprint density at radius 2 is 2.17 bits per heavy atom. The molecule has 0 radical (unpaired) electrons. The van der Waals surface area contributed by atoms with Gasteiger partial charge in [-0.2, -0.15) is 0 Å². The van der Waals surface area contributed by atoms with Crippen LogP contribution in [0.2, 0.25) is 5.22 Å². The van der Waals surface area contributed by atoms with Crippen LogP contribution < -0.4 is 5.32 Å². The lowest BCUT2D eigenvalue weighted by Gasteiger charge is -2.05. The maximum absolute atomic E-state index is 10.8. The maximum atomic E-state index is 10.8. The molecule has 0 aliphatic rings. The molecule has 0 unspecified atom stereocenters. The lowest BCUT2D eigenvalue weighted by Crippen LogP contribution is -2.01. The fourth-order valence-electron chi connectivity index (χ4n) is 1.45. The number of hydrogen-bond acceptors (Lipinski definition) is 5. The van der Waals surface area contributed by atoms with E-state index in [0.717, 1.165) is 6.07 Å². The van der Waals surface area contributed by atoms with Gasteiger partial charge in [0.2, 0.25) is 0 Å². The number of phenols is 1. The first-order valence-electron chi connectivity index (χ1n) is 5.02.